The van der Waals surface area contributed by atoms with Gasteiger partial charge in [0.25, 0.3) is 0 Å². The zero-order valence-corrected chi connectivity index (χ0v) is 14.7. The zero-order valence-electron chi connectivity index (χ0n) is 14.7. The van der Waals surface area contributed by atoms with E-state index in [-0.39, 0.29) is 11.4 Å². The van der Waals surface area contributed by atoms with Crippen molar-refractivity contribution in [2.45, 2.75) is 71.8 Å². The second-order valence-electron chi connectivity index (χ2n) is 8.05. The Morgan fingerprint density at radius 3 is 2.14 bits per heavy atom. The fourth-order valence-corrected chi connectivity index (χ4v) is 2.22. The molecule has 0 aliphatic carbocycles. The van der Waals surface area contributed by atoms with Crippen molar-refractivity contribution in [3.63, 3.8) is 0 Å². The molecule has 1 N–H and O–H groups in total. The molecule has 0 spiro atoms. The molecule has 0 amide bonds. The highest BCUT2D eigenvalue weighted by Crippen LogP contribution is 2.36. The first-order valence-corrected chi connectivity index (χ1v) is 7.80. The van der Waals surface area contributed by atoms with Gasteiger partial charge >= 0.3 is 7.12 Å². The van der Waals surface area contributed by atoms with Crippen LogP contribution in [0, 0.1) is 5.82 Å². The molecule has 1 aliphatic heterocycles. The van der Waals surface area contributed by atoms with E-state index in [1.165, 1.54) is 6.07 Å². The molecule has 1 fully saturated rings. The highest BCUT2D eigenvalue weighted by molar-refractivity contribution is 6.62. The summed E-state index contributed by atoms with van der Waals surface area (Å²) in [6, 6.07) is 5.11. The Kier molecular flexibility index (Phi) is 4.46. The van der Waals surface area contributed by atoms with Gasteiger partial charge in [-0.2, -0.15) is 0 Å². The van der Waals surface area contributed by atoms with Crippen molar-refractivity contribution >= 4 is 12.6 Å². The second kappa shape index (κ2) is 5.62. The summed E-state index contributed by atoms with van der Waals surface area (Å²) >= 11 is 0. The lowest BCUT2D eigenvalue weighted by atomic mass is 9.78. The molecule has 0 atom stereocenters. The van der Waals surface area contributed by atoms with E-state index < -0.39 is 18.3 Å². The van der Waals surface area contributed by atoms with E-state index in [9.17, 15) is 4.39 Å². The molecule has 0 aromatic heterocycles. The van der Waals surface area contributed by atoms with Gasteiger partial charge in [-0.25, -0.2) is 4.39 Å². The van der Waals surface area contributed by atoms with Crippen molar-refractivity contribution in [1.82, 2.24) is 5.32 Å². The standard InChI is InChI=1S/C17H27BFNO2/c1-15(2,3)20-11-12-8-9-14(19)13(10-12)18-21-16(4,5)17(6,7)22-18/h8-10,20H,11H2,1-7H3. The van der Waals surface area contributed by atoms with E-state index in [1.807, 2.05) is 33.8 Å². The normalized spacial score (nSPS) is 20.5. The summed E-state index contributed by atoms with van der Waals surface area (Å²) in [7, 11) is -0.667. The lowest BCUT2D eigenvalue weighted by molar-refractivity contribution is 0.00578. The first-order valence-electron chi connectivity index (χ1n) is 7.80. The van der Waals surface area contributed by atoms with Gasteiger partial charge in [0, 0.05) is 17.5 Å². The van der Waals surface area contributed by atoms with Crippen LogP contribution in [0.1, 0.15) is 54.0 Å². The highest BCUT2D eigenvalue weighted by Gasteiger charge is 2.52. The number of benzene rings is 1. The van der Waals surface area contributed by atoms with E-state index in [0.717, 1.165) is 5.56 Å². The van der Waals surface area contributed by atoms with Crippen molar-refractivity contribution < 1.29 is 13.7 Å². The maximum atomic E-state index is 14.2. The fourth-order valence-electron chi connectivity index (χ4n) is 2.22. The van der Waals surface area contributed by atoms with Crippen LogP contribution in [0.5, 0.6) is 0 Å². The summed E-state index contributed by atoms with van der Waals surface area (Å²) in [5.41, 5.74) is 0.555. The maximum absolute atomic E-state index is 14.2. The van der Waals surface area contributed by atoms with Crippen molar-refractivity contribution in [3.8, 4) is 0 Å². The summed E-state index contributed by atoms with van der Waals surface area (Å²) < 4.78 is 26.1. The van der Waals surface area contributed by atoms with Gasteiger partial charge in [-0.15, -0.1) is 0 Å². The third-order valence-corrected chi connectivity index (χ3v) is 4.39. The highest BCUT2D eigenvalue weighted by atomic mass is 19.1. The van der Waals surface area contributed by atoms with Gasteiger partial charge in [0.1, 0.15) is 5.82 Å². The molecule has 122 valence electrons. The summed E-state index contributed by atoms with van der Waals surface area (Å²) in [4.78, 5) is 0. The van der Waals surface area contributed by atoms with E-state index in [0.29, 0.717) is 12.0 Å². The van der Waals surface area contributed by atoms with E-state index in [4.69, 9.17) is 9.31 Å². The van der Waals surface area contributed by atoms with Gasteiger partial charge < -0.3 is 14.6 Å². The molecule has 1 aromatic carbocycles. The maximum Gasteiger partial charge on any atom is 0.497 e. The zero-order chi connectivity index (χ0) is 16.8. The Morgan fingerprint density at radius 1 is 1.09 bits per heavy atom. The summed E-state index contributed by atoms with van der Waals surface area (Å²) in [5.74, 6) is -0.294. The van der Waals surface area contributed by atoms with Gasteiger partial charge in [0.05, 0.1) is 11.2 Å². The van der Waals surface area contributed by atoms with Crippen LogP contribution in [-0.2, 0) is 15.9 Å². The van der Waals surface area contributed by atoms with Crippen molar-refractivity contribution in [2.24, 2.45) is 0 Å². The molecule has 0 saturated carbocycles. The minimum atomic E-state index is -0.667. The Bertz CT molecular complexity index is 536. The quantitative estimate of drug-likeness (QED) is 0.871. The van der Waals surface area contributed by atoms with Crippen LogP contribution < -0.4 is 10.8 Å². The average Bonchev–Trinajstić information content (AvgIpc) is 2.56. The molecule has 0 bridgehead atoms. The van der Waals surface area contributed by atoms with Gasteiger partial charge in [0.2, 0.25) is 0 Å². The Morgan fingerprint density at radius 2 is 1.64 bits per heavy atom. The first-order chi connectivity index (χ1) is 9.91. The number of nitrogens with one attached hydrogen (secondary N) is 1. The molecular weight excluding hydrogens is 280 g/mol. The fraction of sp³-hybridized carbons (Fsp3) is 0.647. The lowest BCUT2D eigenvalue weighted by Gasteiger charge is -2.32. The SMILES string of the molecule is CC(C)(C)NCc1ccc(F)c(B2OC(C)(C)C(C)(C)O2)c1. The predicted octanol–water partition coefficient (Wildman–Crippen LogP) is 3.01. The van der Waals surface area contributed by atoms with Gasteiger partial charge in [-0.3, -0.25) is 0 Å². The number of rotatable bonds is 3. The van der Waals surface area contributed by atoms with Gasteiger partial charge in [-0.05, 0) is 60.1 Å². The topological polar surface area (TPSA) is 30.5 Å². The van der Waals surface area contributed by atoms with Crippen LogP contribution in [0.15, 0.2) is 18.2 Å². The van der Waals surface area contributed by atoms with Crippen LogP contribution in [-0.4, -0.2) is 23.9 Å². The number of hydrogen-bond acceptors (Lipinski definition) is 3. The summed E-state index contributed by atoms with van der Waals surface area (Å²) in [6.07, 6.45) is 0. The molecule has 3 nitrogen and oxygen atoms in total. The molecule has 1 saturated heterocycles. The summed E-state index contributed by atoms with van der Waals surface area (Å²) in [5, 5.41) is 3.40. The van der Waals surface area contributed by atoms with Crippen molar-refractivity contribution in [3.05, 3.63) is 29.6 Å². The second-order valence-corrected chi connectivity index (χ2v) is 8.05. The Balaban J connectivity index is 2.21. The van der Waals surface area contributed by atoms with E-state index in [1.54, 1.807) is 6.07 Å². The predicted molar refractivity (Wildman–Crippen MR) is 88.7 cm³/mol. The summed E-state index contributed by atoms with van der Waals surface area (Å²) in [6.45, 7) is 14.9. The van der Waals surface area contributed by atoms with Crippen molar-refractivity contribution in [1.29, 1.82) is 0 Å². The molecule has 1 aromatic rings. The molecule has 1 heterocycles. The van der Waals surface area contributed by atoms with Crippen LogP contribution in [0.4, 0.5) is 4.39 Å². The van der Waals surface area contributed by atoms with Crippen LogP contribution >= 0.6 is 0 Å². The third-order valence-electron chi connectivity index (χ3n) is 4.39. The molecule has 0 unspecified atom stereocenters. The number of hydrogen-bond donors (Lipinski definition) is 1. The average molecular weight is 307 g/mol. The molecule has 0 radical (unpaired) electrons. The van der Waals surface area contributed by atoms with Crippen LogP contribution in [0.3, 0.4) is 0 Å². The minimum absolute atomic E-state index is 0.0128. The van der Waals surface area contributed by atoms with Gasteiger partial charge in [0.15, 0.2) is 0 Å². The Labute approximate surface area is 133 Å². The van der Waals surface area contributed by atoms with Crippen molar-refractivity contribution in [2.75, 3.05) is 0 Å². The minimum Gasteiger partial charge on any atom is -0.399 e. The molecule has 22 heavy (non-hydrogen) atoms. The first kappa shape index (κ1) is 17.4. The number of halogens is 1. The molecular formula is C17H27BFNO2. The third kappa shape index (κ3) is 3.70. The molecule has 2 rings (SSSR count). The van der Waals surface area contributed by atoms with Crippen LogP contribution in [0.2, 0.25) is 0 Å². The Hall–Kier alpha value is -0.905. The largest absolute Gasteiger partial charge is 0.497 e. The van der Waals surface area contributed by atoms with Crippen LogP contribution in [0.25, 0.3) is 0 Å². The molecule has 1 aliphatic rings. The van der Waals surface area contributed by atoms with E-state index >= 15 is 0 Å². The lowest BCUT2D eigenvalue weighted by Crippen LogP contribution is -2.41. The smallest absolute Gasteiger partial charge is 0.399 e. The molecule has 5 heteroatoms. The van der Waals surface area contributed by atoms with Gasteiger partial charge in [-0.1, -0.05) is 12.1 Å². The monoisotopic (exact) mass is 307 g/mol. The van der Waals surface area contributed by atoms with E-state index in [2.05, 4.69) is 26.1 Å².